The van der Waals surface area contributed by atoms with E-state index in [-0.39, 0.29) is 5.91 Å². The zero-order valence-corrected chi connectivity index (χ0v) is 11.6. The highest BCUT2D eigenvalue weighted by Gasteiger charge is 2.08. The summed E-state index contributed by atoms with van der Waals surface area (Å²) in [5.74, 6) is 0.492. The Morgan fingerprint density at radius 1 is 1.22 bits per heavy atom. The van der Waals surface area contributed by atoms with Gasteiger partial charge in [0, 0.05) is 18.7 Å². The summed E-state index contributed by atoms with van der Waals surface area (Å²) in [6.07, 6.45) is 1.62. The molecule has 0 aliphatic carbocycles. The number of carbonyl (C=O) groups excluding carboxylic acids is 1. The van der Waals surface area contributed by atoms with Crippen molar-refractivity contribution in [1.29, 1.82) is 0 Å². The summed E-state index contributed by atoms with van der Waals surface area (Å²) < 4.78 is 0. The van der Waals surface area contributed by atoms with Gasteiger partial charge in [-0.2, -0.15) is 0 Å². The first-order valence-corrected chi connectivity index (χ1v) is 6.74. The largest absolute Gasteiger partial charge is 0.326 e. The molecule has 0 radical (unpaired) electrons. The van der Waals surface area contributed by atoms with Gasteiger partial charge < -0.3 is 10.6 Å². The normalized spacial score (nSPS) is 10.7. The molecule has 1 aromatic rings. The number of hydrogen-bond donors (Lipinski definition) is 2. The maximum atomic E-state index is 11.8. The minimum absolute atomic E-state index is 0.0757. The summed E-state index contributed by atoms with van der Waals surface area (Å²) in [4.78, 5) is 11.8. The lowest BCUT2D eigenvalue weighted by Gasteiger charge is -2.13. The van der Waals surface area contributed by atoms with Gasteiger partial charge in [0.2, 0.25) is 5.91 Å². The van der Waals surface area contributed by atoms with Crippen molar-refractivity contribution in [3.63, 3.8) is 0 Å². The van der Waals surface area contributed by atoms with Crippen molar-refractivity contribution in [1.82, 2.24) is 5.32 Å². The third kappa shape index (κ3) is 4.88. The Kier molecular flexibility index (Phi) is 6.44. The lowest BCUT2D eigenvalue weighted by Crippen LogP contribution is -2.22. The van der Waals surface area contributed by atoms with E-state index in [0.29, 0.717) is 12.3 Å². The van der Waals surface area contributed by atoms with Crippen molar-refractivity contribution in [3.05, 3.63) is 29.8 Å². The molecule has 1 aromatic carbocycles. The van der Waals surface area contributed by atoms with Crippen LogP contribution in [0.1, 0.15) is 45.1 Å². The predicted molar refractivity (Wildman–Crippen MR) is 76.9 cm³/mol. The van der Waals surface area contributed by atoms with E-state index in [0.717, 1.165) is 25.2 Å². The fraction of sp³-hybridized carbons (Fsp3) is 0.533. The number of carbonyl (C=O) groups is 1. The molecule has 0 saturated carbocycles. The second kappa shape index (κ2) is 7.88. The summed E-state index contributed by atoms with van der Waals surface area (Å²) in [6, 6.07) is 7.99. The third-order valence-corrected chi connectivity index (χ3v) is 2.81. The number of rotatable bonds is 7. The molecule has 0 heterocycles. The molecule has 0 spiro atoms. The zero-order valence-electron chi connectivity index (χ0n) is 11.6. The quantitative estimate of drug-likeness (QED) is 0.728. The van der Waals surface area contributed by atoms with E-state index in [9.17, 15) is 4.79 Å². The van der Waals surface area contributed by atoms with Crippen LogP contribution in [-0.2, 0) is 4.79 Å². The average Bonchev–Trinajstić information content (AvgIpc) is 2.35. The van der Waals surface area contributed by atoms with Gasteiger partial charge in [-0.05, 0) is 30.5 Å². The number of nitrogens with one attached hydrogen (secondary N) is 2. The monoisotopic (exact) mass is 248 g/mol. The molecule has 0 aliphatic rings. The molecule has 0 bridgehead atoms. The molecule has 0 unspecified atom stereocenters. The maximum Gasteiger partial charge on any atom is 0.225 e. The summed E-state index contributed by atoms with van der Waals surface area (Å²) in [5, 5.41) is 6.22. The van der Waals surface area contributed by atoms with Crippen molar-refractivity contribution >= 4 is 11.6 Å². The van der Waals surface area contributed by atoms with E-state index in [1.165, 1.54) is 5.56 Å². The van der Waals surface area contributed by atoms with Gasteiger partial charge >= 0.3 is 0 Å². The average molecular weight is 248 g/mol. The highest BCUT2D eigenvalue weighted by atomic mass is 16.1. The second-order valence-corrected chi connectivity index (χ2v) is 4.79. The lowest BCUT2D eigenvalue weighted by molar-refractivity contribution is -0.116. The molecule has 0 saturated heterocycles. The molecular weight excluding hydrogens is 224 g/mol. The van der Waals surface area contributed by atoms with Gasteiger partial charge in [0.05, 0.1) is 0 Å². The number of hydrogen-bond acceptors (Lipinski definition) is 2. The number of anilines is 1. The number of para-hydroxylation sites is 1. The first kappa shape index (κ1) is 14.7. The fourth-order valence-electron chi connectivity index (χ4n) is 1.83. The zero-order chi connectivity index (χ0) is 13.4. The van der Waals surface area contributed by atoms with Gasteiger partial charge in [-0.15, -0.1) is 0 Å². The molecule has 100 valence electrons. The molecule has 3 heteroatoms. The van der Waals surface area contributed by atoms with Gasteiger partial charge in [0.1, 0.15) is 0 Å². The Labute approximate surface area is 110 Å². The summed E-state index contributed by atoms with van der Waals surface area (Å²) >= 11 is 0. The second-order valence-electron chi connectivity index (χ2n) is 4.79. The van der Waals surface area contributed by atoms with Gasteiger partial charge in [0.15, 0.2) is 0 Å². The summed E-state index contributed by atoms with van der Waals surface area (Å²) in [5.41, 5.74) is 2.13. The van der Waals surface area contributed by atoms with E-state index in [1.807, 2.05) is 18.2 Å². The number of benzene rings is 1. The predicted octanol–water partition coefficient (Wildman–Crippen LogP) is 3.14. The Hall–Kier alpha value is -1.35. The van der Waals surface area contributed by atoms with Crippen molar-refractivity contribution in [2.75, 3.05) is 18.4 Å². The van der Waals surface area contributed by atoms with Crippen LogP contribution in [-0.4, -0.2) is 19.0 Å². The van der Waals surface area contributed by atoms with Gasteiger partial charge in [-0.25, -0.2) is 0 Å². The maximum absolute atomic E-state index is 11.8. The molecule has 0 aliphatic heterocycles. The van der Waals surface area contributed by atoms with Gasteiger partial charge in [-0.1, -0.05) is 39.0 Å². The van der Waals surface area contributed by atoms with Crippen LogP contribution in [0.2, 0.25) is 0 Å². The molecular formula is C15H24N2O. The molecule has 0 atom stereocenters. The first-order chi connectivity index (χ1) is 8.65. The molecule has 3 nitrogen and oxygen atoms in total. The molecule has 0 aromatic heterocycles. The molecule has 1 rings (SSSR count). The van der Waals surface area contributed by atoms with Crippen LogP contribution in [0.3, 0.4) is 0 Å². The van der Waals surface area contributed by atoms with E-state index < -0.39 is 0 Å². The Morgan fingerprint density at radius 3 is 2.61 bits per heavy atom. The van der Waals surface area contributed by atoms with Gasteiger partial charge in [-0.3, -0.25) is 4.79 Å². The topological polar surface area (TPSA) is 41.1 Å². The van der Waals surface area contributed by atoms with Crippen molar-refractivity contribution < 1.29 is 4.79 Å². The third-order valence-electron chi connectivity index (χ3n) is 2.81. The molecule has 1 amide bonds. The van der Waals surface area contributed by atoms with Crippen LogP contribution in [0.4, 0.5) is 5.69 Å². The minimum atomic E-state index is 0.0757. The number of amides is 1. The first-order valence-electron chi connectivity index (χ1n) is 6.74. The smallest absolute Gasteiger partial charge is 0.225 e. The van der Waals surface area contributed by atoms with Gasteiger partial charge in [0.25, 0.3) is 0 Å². The van der Waals surface area contributed by atoms with E-state index in [1.54, 1.807) is 0 Å². The fourth-order valence-corrected chi connectivity index (χ4v) is 1.83. The summed E-state index contributed by atoms with van der Waals surface area (Å²) in [7, 11) is 0. The Morgan fingerprint density at radius 2 is 1.94 bits per heavy atom. The SMILES string of the molecule is CCCNCCC(=O)Nc1ccccc1C(C)C. The molecule has 2 N–H and O–H groups in total. The Bertz CT molecular complexity index is 375. The van der Waals surface area contributed by atoms with Crippen molar-refractivity contribution in [2.24, 2.45) is 0 Å². The van der Waals surface area contributed by atoms with E-state index in [4.69, 9.17) is 0 Å². The van der Waals surface area contributed by atoms with Crippen molar-refractivity contribution in [3.8, 4) is 0 Å². The van der Waals surface area contributed by atoms with Crippen LogP contribution in [0.5, 0.6) is 0 Å². The molecule has 0 fully saturated rings. The van der Waals surface area contributed by atoms with Crippen LogP contribution in [0, 0.1) is 0 Å². The Balaban J connectivity index is 2.49. The van der Waals surface area contributed by atoms with Crippen LogP contribution in [0.25, 0.3) is 0 Å². The van der Waals surface area contributed by atoms with Crippen molar-refractivity contribution in [2.45, 2.75) is 39.5 Å². The standard InChI is InChI=1S/C15H24N2O/c1-4-10-16-11-9-15(18)17-14-8-6-5-7-13(14)12(2)3/h5-8,12,16H,4,9-11H2,1-3H3,(H,17,18). The van der Waals surface area contributed by atoms with E-state index >= 15 is 0 Å². The highest BCUT2D eigenvalue weighted by Crippen LogP contribution is 2.23. The van der Waals surface area contributed by atoms with Crippen LogP contribution < -0.4 is 10.6 Å². The summed E-state index contributed by atoms with van der Waals surface area (Å²) in [6.45, 7) is 8.09. The van der Waals surface area contributed by atoms with Crippen LogP contribution >= 0.6 is 0 Å². The van der Waals surface area contributed by atoms with Crippen LogP contribution in [0.15, 0.2) is 24.3 Å². The molecule has 18 heavy (non-hydrogen) atoms. The lowest BCUT2D eigenvalue weighted by atomic mass is 10.0. The highest BCUT2D eigenvalue weighted by molar-refractivity contribution is 5.91. The minimum Gasteiger partial charge on any atom is -0.326 e. The van der Waals surface area contributed by atoms with E-state index in [2.05, 4.69) is 37.5 Å².